The Morgan fingerprint density at radius 2 is 1.50 bits per heavy atom. The van der Waals surface area contributed by atoms with Crippen LogP contribution >= 0.6 is 0 Å². The van der Waals surface area contributed by atoms with Gasteiger partial charge in [-0.1, -0.05) is 103 Å². The Labute approximate surface area is 235 Å². The second-order valence-electron chi connectivity index (χ2n) is 10.4. The minimum Gasteiger partial charge on any atom is -0.438 e. The van der Waals surface area contributed by atoms with Crippen molar-refractivity contribution in [1.29, 1.82) is 0 Å². The summed E-state index contributed by atoms with van der Waals surface area (Å²) in [5.41, 5.74) is 5.31. The molecule has 1 saturated heterocycles. The van der Waals surface area contributed by atoms with Crippen LogP contribution in [-0.2, 0) is 17.8 Å². The number of nitrogens with zero attached hydrogens (tertiary/aromatic N) is 2. The number of hydrogen-bond donors (Lipinski definition) is 0. The molecule has 5 heteroatoms. The van der Waals surface area contributed by atoms with Gasteiger partial charge in [0.05, 0.1) is 6.04 Å². The molecule has 4 aromatic carbocycles. The molecule has 2 unspecified atom stereocenters. The fourth-order valence-electron chi connectivity index (χ4n) is 5.74. The molecule has 1 fully saturated rings. The lowest BCUT2D eigenvalue weighted by molar-refractivity contribution is -0.131. The Bertz CT molecular complexity index is 1510. The van der Waals surface area contributed by atoms with Gasteiger partial charge >= 0.3 is 5.97 Å². The molecule has 5 aromatic rings. The lowest BCUT2D eigenvalue weighted by Crippen LogP contribution is -2.26. The summed E-state index contributed by atoms with van der Waals surface area (Å²) in [5.74, 6) is 2.08. The van der Waals surface area contributed by atoms with Crippen molar-refractivity contribution in [2.45, 2.75) is 32.4 Å². The summed E-state index contributed by atoms with van der Waals surface area (Å²) in [6.07, 6.45) is 1.84. The number of esters is 1. The Morgan fingerprint density at radius 1 is 0.850 bits per heavy atom. The summed E-state index contributed by atoms with van der Waals surface area (Å²) in [7, 11) is 0. The normalized spacial score (nSPS) is 17.1. The third-order valence-electron chi connectivity index (χ3n) is 7.49. The zero-order chi connectivity index (χ0) is 27.3. The molecule has 2 heterocycles. The number of carbonyl (C=O) groups is 1. The Hall–Kier alpha value is -4.48. The van der Waals surface area contributed by atoms with Crippen molar-refractivity contribution in [1.82, 2.24) is 9.88 Å². The molecule has 200 valence electrons. The van der Waals surface area contributed by atoms with Gasteiger partial charge in [-0.05, 0) is 48.6 Å². The maximum absolute atomic E-state index is 11.5. The van der Waals surface area contributed by atoms with Gasteiger partial charge in [-0.3, -0.25) is 9.69 Å². The highest BCUT2D eigenvalue weighted by Gasteiger charge is 2.39. The first-order valence-electron chi connectivity index (χ1n) is 13.8. The topological polar surface area (TPSA) is 55.6 Å². The maximum atomic E-state index is 11.5. The molecule has 1 aliphatic rings. The molecule has 40 heavy (non-hydrogen) atoms. The van der Waals surface area contributed by atoms with Crippen LogP contribution in [0.1, 0.15) is 36.4 Å². The lowest BCUT2D eigenvalue weighted by atomic mass is 9.92. The van der Waals surface area contributed by atoms with Crippen LogP contribution in [0.25, 0.3) is 22.6 Å². The van der Waals surface area contributed by atoms with E-state index in [1.165, 1.54) is 12.5 Å². The summed E-state index contributed by atoms with van der Waals surface area (Å²) >= 11 is 0. The second kappa shape index (κ2) is 11.7. The van der Waals surface area contributed by atoms with Crippen LogP contribution in [0.4, 0.5) is 0 Å². The van der Waals surface area contributed by atoms with Gasteiger partial charge in [0.2, 0.25) is 5.89 Å². The molecule has 1 aromatic heterocycles. The Balaban J connectivity index is 1.40. The lowest BCUT2D eigenvalue weighted by Gasteiger charge is -2.26. The highest BCUT2D eigenvalue weighted by molar-refractivity contribution is 5.76. The largest absolute Gasteiger partial charge is 0.438 e. The summed E-state index contributed by atoms with van der Waals surface area (Å²) in [4.78, 5) is 19.2. The maximum Gasteiger partial charge on any atom is 0.308 e. The van der Waals surface area contributed by atoms with E-state index in [0.717, 1.165) is 60.0 Å². The van der Waals surface area contributed by atoms with Crippen molar-refractivity contribution in [2.75, 3.05) is 6.54 Å². The molecule has 0 N–H and O–H groups in total. The van der Waals surface area contributed by atoms with E-state index in [9.17, 15) is 4.79 Å². The van der Waals surface area contributed by atoms with Crippen molar-refractivity contribution < 1.29 is 13.9 Å². The van der Waals surface area contributed by atoms with Crippen LogP contribution < -0.4 is 4.74 Å². The summed E-state index contributed by atoms with van der Waals surface area (Å²) < 4.78 is 12.1. The molecule has 2 atom stereocenters. The van der Waals surface area contributed by atoms with Gasteiger partial charge in [-0.25, -0.2) is 4.98 Å². The number of ether oxygens (including phenoxy) is 1. The molecule has 0 bridgehead atoms. The molecule has 0 radical (unpaired) electrons. The second-order valence-corrected chi connectivity index (χ2v) is 10.4. The van der Waals surface area contributed by atoms with Gasteiger partial charge in [-0.2, -0.15) is 0 Å². The van der Waals surface area contributed by atoms with Crippen molar-refractivity contribution in [3.63, 3.8) is 0 Å². The van der Waals surface area contributed by atoms with Crippen molar-refractivity contribution in [2.24, 2.45) is 5.92 Å². The van der Waals surface area contributed by atoms with E-state index < -0.39 is 0 Å². The molecule has 5 nitrogen and oxygen atoms in total. The molecule has 1 aliphatic heterocycles. The van der Waals surface area contributed by atoms with Crippen LogP contribution in [0.5, 0.6) is 5.75 Å². The molecule has 0 amide bonds. The smallest absolute Gasteiger partial charge is 0.308 e. The Kier molecular flexibility index (Phi) is 7.56. The quantitative estimate of drug-likeness (QED) is 0.152. The summed E-state index contributed by atoms with van der Waals surface area (Å²) in [6.45, 7) is 3.19. The third-order valence-corrected chi connectivity index (χ3v) is 7.49. The van der Waals surface area contributed by atoms with E-state index in [1.54, 1.807) is 0 Å². The van der Waals surface area contributed by atoms with E-state index in [4.69, 9.17) is 14.1 Å². The van der Waals surface area contributed by atoms with Gasteiger partial charge in [0.25, 0.3) is 0 Å². The molecule has 6 rings (SSSR count). The third kappa shape index (κ3) is 5.75. The van der Waals surface area contributed by atoms with Crippen molar-refractivity contribution in [3.8, 4) is 28.3 Å². The van der Waals surface area contributed by atoms with Crippen LogP contribution in [0, 0.1) is 5.92 Å². The van der Waals surface area contributed by atoms with E-state index >= 15 is 0 Å². The van der Waals surface area contributed by atoms with Crippen molar-refractivity contribution in [3.05, 3.63) is 132 Å². The fourth-order valence-corrected chi connectivity index (χ4v) is 5.74. The highest BCUT2D eigenvalue weighted by Crippen LogP contribution is 2.43. The number of rotatable bonds is 8. The molecule has 0 spiro atoms. The van der Waals surface area contributed by atoms with Crippen molar-refractivity contribution >= 4 is 5.97 Å². The van der Waals surface area contributed by atoms with E-state index in [0.29, 0.717) is 5.75 Å². The predicted octanol–water partition coefficient (Wildman–Crippen LogP) is 7.74. The van der Waals surface area contributed by atoms with Crippen LogP contribution in [-0.4, -0.2) is 22.4 Å². The zero-order valence-electron chi connectivity index (χ0n) is 22.6. The Morgan fingerprint density at radius 3 is 2.20 bits per heavy atom. The molecular formula is C35H32N2O3. The van der Waals surface area contributed by atoms with Gasteiger partial charge < -0.3 is 9.15 Å². The fraction of sp³-hybridized carbons (Fsp3) is 0.200. The van der Waals surface area contributed by atoms with Crippen LogP contribution in [0.2, 0.25) is 0 Å². The minimum atomic E-state index is -0.313. The number of benzene rings is 4. The van der Waals surface area contributed by atoms with Gasteiger partial charge in [-0.15, -0.1) is 0 Å². The number of aromatic nitrogens is 1. The standard InChI is InChI=1S/C35H32N2O3/c1-25(38)39-31-19-11-14-27(23-31)22-30-20-21-37(24-26-12-5-2-6-13-26)33(30)35-36-32(28-15-7-3-8-16-28)34(40-35)29-17-9-4-10-18-29/h2-19,23,30,33H,20-22,24H2,1H3. The average Bonchev–Trinajstić information content (AvgIpc) is 3.58. The molecular weight excluding hydrogens is 496 g/mol. The first-order chi connectivity index (χ1) is 19.6. The molecule has 0 saturated carbocycles. The first-order valence-corrected chi connectivity index (χ1v) is 13.8. The predicted molar refractivity (Wildman–Crippen MR) is 157 cm³/mol. The number of likely N-dealkylation sites (tertiary alicyclic amines) is 1. The molecule has 0 aliphatic carbocycles. The van der Waals surface area contributed by atoms with Crippen LogP contribution in [0.3, 0.4) is 0 Å². The average molecular weight is 529 g/mol. The zero-order valence-corrected chi connectivity index (χ0v) is 22.6. The van der Waals surface area contributed by atoms with Crippen LogP contribution in [0.15, 0.2) is 120 Å². The monoisotopic (exact) mass is 528 g/mol. The van der Waals surface area contributed by atoms with Gasteiger partial charge in [0.15, 0.2) is 5.76 Å². The number of oxazole rings is 1. The van der Waals surface area contributed by atoms with Gasteiger partial charge in [0, 0.05) is 24.6 Å². The first kappa shape index (κ1) is 25.8. The van der Waals surface area contributed by atoms with E-state index in [1.807, 2.05) is 54.6 Å². The number of hydrogen-bond acceptors (Lipinski definition) is 5. The highest BCUT2D eigenvalue weighted by atomic mass is 16.5. The summed E-state index contributed by atoms with van der Waals surface area (Å²) in [5, 5.41) is 0. The minimum absolute atomic E-state index is 0.00230. The van der Waals surface area contributed by atoms with E-state index in [-0.39, 0.29) is 17.9 Å². The summed E-state index contributed by atoms with van der Waals surface area (Å²) in [6, 6.07) is 38.9. The SMILES string of the molecule is CC(=O)Oc1cccc(CC2CCN(Cc3ccccc3)C2c2nc(-c3ccccc3)c(-c3ccccc3)o2)c1. The van der Waals surface area contributed by atoms with E-state index in [2.05, 4.69) is 65.6 Å². The van der Waals surface area contributed by atoms with Gasteiger partial charge in [0.1, 0.15) is 11.4 Å². The number of carbonyl (C=O) groups excluding carboxylic acids is 1.